The number of carboxylic acid groups (broad SMARTS) is 2. The minimum absolute atomic E-state index is 0. The number of hydrogen-bond acceptors (Lipinski definition) is 16. The van der Waals surface area contributed by atoms with Crippen molar-refractivity contribution in [2.24, 2.45) is 33.3 Å². The van der Waals surface area contributed by atoms with Crippen LogP contribution in [0.3, 0.4) is 0 Å². The number of aliphatic hydroxyl groups excluding tert-OH is 1. The SMILES string of the molecule is CC(C)(C)OC[C@@H](NC(=O)CC[C@@H](C1CCOCC1)N1Cc2cc(Oc3ccccc3)ccc2N=C1N)C(=O)O.NC1=Nc2ccc(Oc3ccccc3)cc2CN1[C@@H](CCC(=O)N[C@H](CO)C(=O)O)C1CCOCC1.S.S. The van der Waals surface area contributed by atoms with Crippen LogP contribution in [-0.4, -0.2) is 130 Å². The highest BCUT2D eigenvalue weighted by Crippen LogP contribution is 2.37. The number of nitrogens with zero attached hydrogens (tertiary/aromatic N) is 4. The number of fused-ring (bicyclic) bond motifs is 2. The molecule has 0 aromatic heterocycles. The maximum Gasteiger partial charge on any atom is 0.328 e. The second kappa shape index (κ2) is 30.0. The molecule has 78 heavy (non-hydrogen) atoms. The van der Waals surface area contributed by atoms with E-state index >= 15 is 0 Å². The van der Waals surface area contributed by atoms with Crippen LogP contribution in [0.4, 0.5) is 11.4 Å². The standard InChI is InChI=1S/C30H40N4O6.C26H32N4O6.2H2S/c1-30(2,3)39-19-25(28(36)37)32-27(35)12-11-26(20-13-15-38-16-14-20)34-18-21-17-23(9-10-24(21)33-29(34)31)40-22-7-5-4-6-8-22;27-26-29-21-7-6-20(36-19-4-2-1-3-5-19)14-18(21)15-30(26)23(17-10-12-35-13-11-17)8-9-24(32)28-22(16-31)25(33)34;;/h4-10,17,20,25-26H,11-16,18-19H2,1-3H3,(H2,31,33)(H,32,35)(H,36,37);1-7,14,17,22-23,31H,8-13,15-16H2,(H2,27,29)(H,28,32)(H,33,34);2*1H2/t25-,26+;22-,23+;;/m11../s1. The molecule has 4 heterocycles. The number of amides is 2. The van der Waals surface area contributed by atoms with Gasteiger partial charge in [0, 0.05) is 75.6 Å². The number of guanidine groups is 2. The highest BCUT2D eigenvalue weighted by molar-refractivity contribution is 7.59. The molecule has 0 unspecified atom stereocenters. The van der Waals surface area contributed by atoms with Crippen LogP contribution in [-0.2, 0) is 46.5 Å². The van der Waals surface area contributed by atoms with Gasteiger partial charge in [-0.3, -0.25) is 9.59 Å². The second-order valence-corrected chi connectivity index (χ2v) is 20.2. The van der Waals surface area contributed by atoms with Crippen molar-refractivity contribution in [2.75, 3.05) is 39.6 Å². The molecule has 2 amide bonds. The lowest BCUT2D eigenvalue weighted by Crippen LogP contribution is -2.50. The Kier molecular flexibility index (Phi) is 23.9. The van der Waals surface area contributed by atoms with Gasteiger partial charge in [0.15, 0.2) is 18.0 Å². The molecule has 4 aromatic rings. The van der Waals surface area contributed by atoms with Gasteiger partial charge in [0.05, 0.1) is 30.2 Å². The Morgan fingerprint density at radius 3 is 1.40 bits per heavy atom. The number of para-hydroxylation sites is 2. The molecular formula is C56H76N8O12S2. The van der Waals surface area contributed by atoms with E-state index in [0.29, 0.717) is 75.8 Å². The van der Waals surface area contributed by atoms with Crippen molar-refractivity contribution in [2.45, 2.75) is 115 Å². The quantitative estimate of drug-likeness (QED) is 0.0451. The van der Waals surface area contributed by atoms with Crippen LogP contribution in [0.2, 0.25) is 0 Å². The highest BCUT2D eigenvalue weighted by atomic mass is 32.1. The molecule has 2 saturated heterocycles. The molecule has 0 spiro atoms. The Labute approximate surface area is 469 Å². The van der Waals surface area contributed by atoms with Gasteiger partial charge in [-0.15, -0.1) is 0 Å². The molecular weight excluding hydrogens is 1040 g/mol. The summed E-state index contributed by atoms with van der Waals surface area (Å²) in [6.07, 6.45) is 4.54. The van der Waals surface area contributed by atoms with Crippen molar-refractivity contribution >= 4 is 74.0 Å². The maximum atomic E-state index is 12.9. The fourth-order valence-electron chi connectivity index (χ4n) is 9.73. The van der Waals surface area contributed by atoms with Crippen LogP contribution in [0.25, 0.3) is 0 Å². The molecule has 0 radical (unpaired) electrons. The molecule has 0 saturated carbocycles. The Morgan fingerprint density at radius 2 is 1.03 bits per heavy atom. The van der Waals surface area contributed by atoms with E-state index < -0.39 is 42.1 Å². The summed E-state index contributed by atoms with van der Waals surface area (Å²) in [5.74, 6) is 0.991. The maximum absolute atomic E-state index is 12.9. The van der Waals surface area contributed by atoms with Crippen LogP contribution in [0.1, 0.15) is 83.3 Å². The van der Waals surface area contributed by atoms with Crippen LogP contribution < -0.4 is 31.6 Å². The summed E-state index contributed by atoms with van der Waals surface area (Å²) in [6, 6.07) is 28.0. The third-order valence-corrected chi connectivity index (χ3v) is 13.7. The lowest BCUT2D eigenvalue weighted by Gasteiger charge is -2.41. The van der Waals surface area contributed by atoms with Gasteiger partial charge < -0.3 is 70.9 Å². The first-order chi connectivity index (χ1) is 36.5. The van der Waals surface area contributed by atoms with Gasteiger partial charge in [-0.05, 0) is 132 Å². The third-order valence-electron chi connectivity index (χ3n) is 13.7. The number of aliphatic imine (C=N–C) groups is 2. The van der Waals surface area contributed by atoms with Crippen molar-refractivity contribution < 1.29 is 58.2 Å². The average Bonchev–Trinajstić information content (AvgIpc) is 3.44. The first kappa shape index (κ1) is 62.3. The van der Waals surface area contributed by atoms with Gasteiger partial charge >= 0.3 is 11.9 Å². The molecule has 20 nitrogen and oxygen atoms in total. The first-order valence-electron chi connectivity index (χ1n) is 25.9. The smallest absolute Gasteiger partial charge is 0.328 e. The molecule has 4 aliphatic heterocycles. The molecule has 424 valence electrons. The van der Waals surface area contributed by atoms with E-state index in [1.165, 1.54) is 0 Å². The predicted octanol–water partition coefficient (Wildman–Crippen LogP) is 6.80. The van der Waals surface area contributed by atoms with E-state index in [-0.39, 0.29) is 76.3 Å². The number of aliphatic carboxylic acids is 2. The van der Waals surface area contributed by atoms with Crippen molar-refractivity contribution in [1.82, 2.24) is 20.4 Å². The van der Waals surface area contributed by atoms with Crippen molar-refractivity contribution in [3.8, 4) is 23.0 Å². The number of nitrogens with one attached hydrogen (secondary N) is 2. The van der Waals surface area contributed by atoms with E-state index in [4.69, 9.17) is 40.3 Å². The summed E-state index contributed by atoms with van der Waals surface area (Å²) in [4.78, 5) is 61.7. The van der Waals surface area contributed by atoms with Gasteiger partial charge in [-0.25, -0.2) is 19.6 Å². The summed E-state index contributed by atoms with van der Waals surface area (Å²) in [6.45, 7) is 8.34. The van der Waals surface area contributed by atoms with Crippen LogP contribution in [0.15, 0.2) is 107 Å². The second-order valence-electron chi connectivity index (χ2n) is 20.2. The number of benzene rings is 4. The number of hydrogen-bond donors (Lipinski definition) is 7. The molecule has 9 N–H and O–H groups in total. The Bertz CT molecular complexity index is 2650. The Balaban J connectivity index is 0.000000282. The van der Waals surface area contributed by atoms with E-state index in [0.717, 1.165) is 59.7 Å². The van der Waals surface area contributed by atoms with Gasteiger partial charge in [0.25, 0.3) is 0 Å². The number of carbonyl (C=O) groups is 4. The molecule has 4 aromatic carbocycles. The normalized spacial score (nSPS) is 17.0. The summed E-state index contributed by atoms with van der Waals surface area (Å²) in [7, 11) is 0. The van der Waals surface area contributed by atoms with E-state index in [2.05, 4.69) is 25.5 Å². The summed E-state index contributed by atoms with van der Waals surface area (Å²) in [5, 5.41) is 32.9. The lowest BCUT2D eigenvalue weighted by atomic mass is 9.87. The van der Waals surface area contributed by atoms with Crippen molar-refractivity contribution in [3.63, 3.8) is 0 Å². The predicted molar refractivity (Wildman–Crippen MR) is 305 cm³/mol. The number of rotatable bonds is 21. The van der Waals surface area contributed by atoms with Gasteiger partial charge in [0.1, 0.15) is 29.0 Å². The van der Waals surface area contributed by atoms with Crippen molar-refractivity contribution in [3.05, 3.63) is 108 Å². The lowest BCUT2D eigenvalue weighted by molar-refractivity contribution is -0.145. The Hall–Kier alpha value is -6.56. The molecule has 2 fully saturated rings. The average molecular weight is 1120 g/mol. The number of nitrogens with two attached hydrogens (primary N) is 2. The van der Waals surface area contributed by atoms with Crippen LogP contribution in [0.5, 0.6) is 23.0 Å². The first-order valence-corrected chi connectivity index (χ1v) is 25.9. The number of carboxylic acids is 2. The minimum atomic E-state index is -1.32. The zero-order valence-electron chi connectivity index (χ0n) is 44.5. The third kappa shape index (κ3) is 18.3. The molecule has 0 bridgehead atoms. The van der Waals surface area contributed by atoms with Crippen LogP contribution >= 0.6 is 27.0 Å². The van der Waals surface area contributed by atoms with E-state index in [1.807, 2.05) is 123 Å². The summed E-state index contributed by atoms with van der Waals surface area (Å²) < 4.78 is 28.8. The Morgan fingerprint density at radius 1 is 0.628 bits per heavy atom. The summed E-state index contributed by atoms with van der Waals surface area (Å²) >= 11 is 0. The van der Waals surface area contributed by atoms with E-state index in [9.17, 15) is 29.4 Å². The molecule has 8 rings (SSSR count). The monoisotopic (exact) mass is 1120 g/mol. The number of carbonyl (C=O) groups excluding carboxylic acids is 2. The molecule has 4 aliphatic rings. The zero-order valence-corrected chi connectivity index (χ0v) is 46.5. The topological polar surface area (TPSA) is 282 Å². The minimum Gasteiger partial charge on any atom is -0.480 e. The highest BCUT2D eigenvalue weighted by Gasteiger charge is 2.36. The largest absolute Gasteiger partial charge is 0.480 e. The number of aliphatic hydroxyl groups is 1. The van der Waals surface area contributed by atoms with Crippen LogP contribution in [0, 0.1) is 11.8 Å². The van der Waals surface area contributed by atoms with Gasteiger partial charge in [0.2, 0.25) is 11.8 Å². The zero-order chi connectivity index (χ0) is 54.2. The molecule has 4 atom stereocenters. The summed E-state index contributed by atoms with van der Waals surface area (Å²) in [5.41, 5.74) is 15.9. The van der Waals surface area contributed by atoms with Crippen molar-refractivity contribution in [1.29, 1.82) is 0 Å². The van der Waals surface area contributed by atoms with Gasteiger partial charge in [-0.1, -0.05) is 36.4 Å². The fraction of sp³-hybridized carbons (Fsp3) is 0.464. The fourth-order valence-corrected chi connectivity index (χ4v) is 9.73. The number of ether oxygens (including phenoxy) is 5. The molecule has 0 aliphatic carbocycles. The van der Waals surface area contributed by atoms with Gasteiger partial charge in [-0.2, -0.15) is 27.0 Å². The molecule has 22 heteroatoms. The van der Waals surface area contributed by atoms with E-state index in [1.54, 1.807) is 0 Å².